The zero-order valence-electron chi connectivity index (χ0n) is 16.6. The Labute approximate surface area is 170 Å². The Bertz CT molecular complexity index is 1230. The van der Waals surface area contributed by atoms with Crippen molar-refractivity contribution in [3.8, 4) is 17.5 Å². The Morgan fingerprint density at radius 1 is 1.03 bits per heavy atom. The van der Waals surface area contributed by atoms with Gasteiger partial charge in [-0.2, -0.15) is 5.10 Å². The number of fused-ring (bicyclic) bond motifs is 1. The highest BCUT2D eigenvalue weighted by Gasteiger charge is 2.27. The van der Waals surface area contributed by atoms with E-state index in [1.54, 1.807) is 0 Å². The zero-order chi connectivity index (χ0) is 19.8. The maximum absolute atomic E-state index is 4.95. The van der Waals surface area contributed by atoms with Gasteiger partial charge in [0.25, 0.3) is 0 Å². The van der Waals surface area contributed by atoms with Gasteiger partial charge in [-0.1, -0.05) is 42.3 Å². The highest BCUT2D eigenvalue weighted by molar-refractivity contribution is 5.47. The van der Waals surface area contributed by atoms with E-state index in [2.05, 4.69) is 65.5 Å². The number of aromatic nitrogens is 4. The molecule has 4 heteroatoms. The first kappa shape index (κ1) is 17.5. The summed E-state index contributed by atoms with van der Waals surface area (Å²) in [5.74, 6) is 7.83. The predicted octanol–water partition coefficient (Wildman–Crippen LogP) is 4.39. The Balaban J connectivity index is 1.45. The summed E-state index contributed by atoms with van der Waals surface area (Å²) in [4.78, 5) is 4.30. The van der Waals surface area contributed by atoms with Gasteiger partial charge in [0.05, 0.1) is 17.6 Å². The van der Waals surface area contributed by atoms with Crippen molar-refractivity contribution < 1.29 is 0 Å². The second-order valence-corrected chi connectivity index (χ2v) is 7.54. The lowest BCUT2D eigenvalue weighted by Gasteiger charge is -2.10. The Morgan fingerprint density at radius 2 is 1.90 bits per heavy atom. The molecule has 0 radical (unpaired) electrons. The fourth-order valence-electron chi connectivity index (χ4n) is 3.97. The van der Waals surface area contributed by atoms with Crippen molar-refractivity contribution in [2.24, 2.45) is 7.05 Å². The Hall–Kier alpha value is -3.58. The van der Waals surface area contributed by atoms with Crippen molar-refractivity contribution in [3.63, 3.8) is 0 Å². The second-order valence-electron chi connectivity index (χ2n) is 7.54. The summed E-state index contributed by atoms with van der Waals surface area (Å²) < 4.78 is 4.00. The molecule has 1 aliphatic rings. The van der Waals surface area contributed by atoms with E-state index in [0.717, 1.165) is 35.6 Å². The van der Waals surface area contributed by atoms with Crippen LogP contribution in [0.15, 0.2) is 67.0 Å². The summed E-state index contributed by atoms with van der Waals surface area (Å²) in [6.07, 6.45) is 6.20. The fourth-order valence-corrected chi connectivity index (χ4v) is 3.97. The molecule has 2 aromatic heterocycles. The molecule has 29 heavy (non-hydrogen) atoms. The first-order chi connectivity index (χ1) is 14.2. The maximum Gasteiger partial charge on any atom is 0.112 e. The van der Waals surface area contributed by atoms with Gasteiger partial charge in [0.1, 0.15) is 11.5 Å². The van der Waals surface area contributed by atoms with Gasteiger partial charge >= 0.3 is 0 Å². The highest BCUT2D eigenvalue weighted by Crippen LogP contribution is 2.37. The molecule has 1 aliphatic carbocycles. The number of hydrogen-bond acceptors (Lipinski definition) is 2. The minimum Gasteiger partial charge on any atom is -0.325 e. The van der Waals surface area contributed by atoms with E-state index in [1.165, 1.54) is 16.8 Å². The van der Waals surface area contributed by atoms with Gasteiger partial charge in [0.15, 0.2) is 0 Å². The molecule has 0 aliphatic heterocycles. The normalized spacial score (nSPS) is 15.0. The molecule has 0 saturated carbocycles. The van der Waals surface area contributed by atoms with Crippen LogP contribution in [0.25, 0.3) is 5.69 Å². The van der Waals surface area contributed by atoms with Crippen LogP contribution in [-0.4, -0.2) is 19.3 Å². The van der Waals surface area contributed by atoms with Gasteiger partial charge in [-0.3, -0.25) is 0 Å². The summed E-state index contributed by atoms with van der Waals surface area (Å²) in [6, 6.07) is 18.9. The molecule has 0 N–H and O–H groups in total. The van der Waals surface area contributed by atoms with Gasteiger partial charge in [-0.25, -0.2) is 9.67 Å². The topological polar surface area (TPSA) is 35.6 Å². The van der Waals surface area contributed by atoms with Crippen LogP contribution in [0.3, 0.4) is 0 Å². The molecule has 5 rings (SSSR count). The molecule has 1 unspecified atom stereocenters. The molecule has 2 heterocycles. The van der Waals surface area contributed by atoms with E-state index in [0.29, 0.717) is 5.92 Å². The van der Waals surface area contributed by atoms with Crippen LogP contribution < -0.4 is 0 Å². The van der Waals surface area contributed by atoms with Gasteiger partial charge in [0.2, 0.25) is 0 Å². The molecule has 2 aromatic carbocycles. The third-order valence-electron chi connectivity index (χ3n) is 5.72. The number of aryl methyl sites for hydroxylation is 2. The van der Waals surface area contributed by atoms with Crippen molar-refractivity contribution in [3.05, 3.63) is 101 Å². The lowest BCUT2D eigenvalue weighted by molar-refractivity contribution is 0.726. The van der Waals surface area contributed by atoms with Gasteiger partial charge < -0.3 is 4.57 Å². The molecule has 142 valence electrons. The lowest BCUT2D eigenvalue weighted by atomic mass is 9.97. The molecule has 0 spiro atoms. The third kappa shape index (κ3) is 3.25. The van der Waals surface area contributed by atoms with E-state index in [4.69, 9.17) is 5.10 Å². The predicted molar refractivity (Wildman–Crippen MR) is 114 cm³/mol. The van der Waals surface area contributed by atoms with E-state index in [1.807, 2.05) is 41.5 Å². The van der Waals surface area contributed by atoms with Crippen LogP contribution in [0.5, 0.6) is 0 Å². The Morgan fingerprint density at radius 3 is 2.69 bits per heavy atom. The summed E-state index contributed by atoms with van der Waals surface area (Å²) in [7, 11) is 1.98. The minimum atomic E-state index is 0.392. The first-order valence-corrected chi connectivity index (χ1v) is 9.93. The molecule has 0 fully saturated rings. The van der Waals surface area contributed by atoms with Crippen LogP contribution in [-0.2, 0) is 13.5 Å². The first-order valence-electron chi connectivity index (χ1n) is 9.93. The van der Waals surface area contributed by atoms with Crippen LogP contribution in [0, 0.1) is 18.8 Å². The number of nitrogens with zero attached hydrogens (tertiary/aromatic N) is 4. The third-order valence-corrected chi connectivity index (χ3v) is 5.72. The van der Waals surface area contributed by atoms with E-state index >= 15 is 0 Å². The molecule has 0 amide bonds. The second kappa shape index (κ2) is 7.10. The number of imidazole rings is 1. The van der Waals surface area contributed by atoms with Gasteiger partial charge in [0, 0.05) is 24.7 Å². The average Bonchev–Trinajstić information content (AvgIpc) is 3.43. The highest BCUT2D eigenvalue weighted by atomic mass is 15.3. The monoisotopic (exact) mass is 378 g/mol. The standard InChI is InChI=1S/C25H22N4/c1-18-26-16-23(28(18)2)13-11-19-7-6-10-22(15-19)29-17-21-12-14-24(25(21)27-29)20-8-4-3-5-9-20/h3-10,15-17,24H,12,14H2,1-2H3. The van der Waals surface area contributed by atoms with Gasteiger partial charge in [-0.05, 0) is 55.0 Å². The molecular formula is C25H22N4. The van der Waals surface area contributed by atoms with Crippen molar-refractivity contribution in [2.75, 3.05) is 0 Å². The van der Waals surface area contributed by atoms with Crippen LogP contribution in [0.2, 0.25) is 0 Å². The van der Waals surface area contributed by atoms with Gasteiger partial charge in [-0.15, -0.1) is 0 Å². The number of rotatable bonds is 2. The largest absolute Gasteiger partial charge is 0.325 e. The smallest absolute Gasteiger partial charge is 0.112 e. The van der Waals surface area contributed by atoms with E-state index < -0.39 is 0 Å². The SMILES string of the molecule is Cc1ncc(C#Cc2cccc(-n3cc4c(n3)C(c3ccccc3)CC4)c2)n1C. The molecule has 0 bridgehead atoms. The molecule has 4 aromatic rings. The number of benzene rings is 2. The summed E-state index contributed by atoms with van der Waals surface area (Å²) in [5, 5.41) is 4.95. The summed E-state index contributed by atoms with van der Waals surface area (Å²) in [6.45, 7) is 1.98. The van der Waals surface area contributed by atoms with Crippen LogP contribution in [0.1, 0.15) is 46.2 Å². The molecule has 0 saturated heterocycles. The fraction of sp³-hybridized carbons (Fsp3) is 0.200. The molecular weight excluding hydrogens is 356 g/mol. The van der Waals surface area contributed by atoms with E-state index in [-0.39, 0.29) is 0 Å². The Kier molecular flexibility index (Phi) is 4.29. The minimum absolute atomic E-state index is 0.392. The van der Waals surface area contributed by atoms with Crippen molar-refractivity contribution in [1.29, 1.82) is 0 Å². The van der Waals surface area contributed by atoms with Crippen LogP contribution in [0.4, 0.5) is 0 Å². The zero-order valence-corrected chi connectivity index (χ0v) is 16.6. The van der Waals surface area contributed by atoms with Crippen LogP contribution >= 0.6 is 0 Å². The van der Waals surface area contributed by atoms with E-state index in [9.17, 15) is 0 Å². The molecule has 1 atom stereocenters. The number of hydrogen-bond donors (Lipinski definition) is 0. The average molecular weight is 378 g/mol. The maximum atomic E-state index is 4.95. The lowest BCUT2D eigenvalue weighted by Crippen LogP contribution is -2.01. The van der Waals surface area contributed by atoms with Crippen molar-refractivity contribution in [2.45, 2.75) is 25.7 Å². The molecule has 4 nitrogen and oxygen atoms in total. The van der Waals surface area contributed by atoms with Crippen molar-refractivity contribution in [1.82, 2.24) is 19.3 Å². The summed E-state index contributed by atoms with van der Waals surface area (Å²) in [5.41, 5.74) is 6.83. The van der Waals surface area contributed by atoms with Crippen molar-refractivity contribution >= 4 is 0 Å². The quantitative estimate of drug-likeness (QED) is 0.485. The summed E-state index contributed by atoms with van der Waals surface area (Å²) >= 11 is 0.